The lowest BCUT2D eigenvalue weighted by Crippen LogP contribution is -2.35. The Hall–Kier alpha value is -0.530. The summed E-state index contributed by atoms with van der Waals surface area (Å²) >= 11 is 6.22. The molecule has 1 nitrogen and oxygen atoms in total. The average Bonchev–Trinajstić information content (AvgIpc) is 3.00. The van der Waals surface area contributed by atoms with E-state index < -0.39 is 0 Å². The van der Waals surface area contributed by atoms with Gasteiger partial charge in [-0.3, -0.25) is 0 Å². The van der Waals surface area contributed by atoms with Crippen LogP contribution in [0.25, 0.3) is 0 Å². The summed E-state index contributed by atoms with van der Waals surface area (Å²) in [6.07, 6.45) is 9.83. The highest BCUT2D eigenvalue weighted by molar-refractivity contribution is 6.30. The Balaban J connectivity index is 1.75. The highest BCUT2D eigenvalue weighted by Crippen LogP contribution is 2.38. The molecule has 1 aliphatic carbocycles. The molecule has 0 bridgehead atoms. The first kappa shape index (κ1) is 14.4. The summed E-state index contributed by atoms with van der Waals surface area (Å²) in [6, 6.07) is 8.61. The number of rotatable bonds is 4. The molecule has 20 heavy (non-hydrogen) atoms. The van der Waals surface area contributed by atoms with E-state index in [2.05, 4.69) is 23.1 Å². The van der Waals surface area contributed by atoms with Crippen LogP contribution in [0, 0.1) is 5.92 Å². The molecule has 1 aromatic rings. The molecule has 2 heteroatoms. The third-order valence-corrected chi connectivity index (χ3v) is 5.38. The highest BCUT2D eigenvalue weighted by atomic mass is 35.5. The van der Waals surface area contributed by atoms with Gasteiger partial charge in [0.15, 0.2) is 0 Å². The van der Waals surface area contributed by atoms with Crippen LogP contribution in [0.2, 0.25) is 5.02 Å². The molecule has 0 radical (unpaired) electrons. The minimum absolute atomic E-state index is 0.689. The lowest BCUT2D eigenvalue weighted by atomic mass is 9.84. The average molecular weight is 292 g/mol. The summed E-state index contributed by atoms with van der Waals surface area (Å²) in [5, 5.41) is 0.893. The fourth-order valence-electron chi connectivity index (χ4n) is 4.04. The predicted molar refractivity (Wildman–Crippen MR) is 86.4 cm³/mol. The van der Waals surface area contributed by atoms with E-state index in [1.54, 1.807) is 0 Å². The number of halogens is 1. The molecular formula is C18H26ClN. The van der Waals surface area contributed by atoms with Crippen LogP contribution in [0.1, 0.15) is 56.4 Å². The predicted octanol–water partition coefficient (Wildman–Crippen LogP) is 5.10. The number of piperidine rings is 1. The molecule has 1 aliphatic heterocycles. The summed E-state index contributed by atoms with van der Waals surface area (Å²) in [5.74, 6) is 1.56. The first-order valence-corrected chi connectivity index (χ1v) is 8.68. The quantitative estimate of drug-likeness (QED) is 0.746. The maximum Gasteiger partial charge on any atom is 0.0408 e. The Kier molecular flexibility index (Phi) is 5.01. The van der Waals surface area contributed by atoms with Crippen molar-refractivity contribution in [3.63, 3.8) is 0 Å². The van der Waals surface area contributed by atoms with E-state index in [0.717, 1.165) is 10.9 Å². The lowest BCUT2D eigenvalue weighted by molar-refractivity contribution is 0.196. The molecule has 3 rings (SSSR count). The second-order valence-corrected chi connectivity index (χ2v) is 7.00. The smallest absolute Gasteiger partial charge is 0.0408 e. The Morgan fingerprint density at radius 2 is 1.80 bits per heavy atom. The van der Waals surface area contributed by atoms with Gasteiger partial charge in [-0.15, -0.1) is 0 Å². The molecule has 1 heterocycles. The number of likely N-dealkylation sites (tertiary alicyclic amines) is 1. The van der Waals surface area contributed by atoms with E-state index in [9.17, 15) is 0 Å². The zero-order chi connectivity index (χ0) is 13.8. The van der Waals surface area contributed by atoms with Gasteiger partial charge in [0.1, 0.15) is 0 Å². The van der Waals surface area contributed by atoms with E-state index in [-0.39, 0.29) is 0 Å². The van der Waals surface area contributed by atoms with Crippen LogP contribution in [0.15, 0.2) is 24.3 Å². The van der Waals surface area contributed by atoms with Crippen LogP contribution < -0.4 is 0 Å². The zero-order valence-corrected chi connectivity index (χ0v) is 13.1. The van der Waals surface area contributed by atoms with Gasteiger partial charge in [-0.25, -0.2) is 0 Å². The third-order valence-electron chi connectivity index (χ3n) is 5.15. The van der Waals surface area contributed by atoms with Gasteiger partial charge in [-0.2, -0.15) is 0 Å². The van der Waals surface area contributed by atoms with E-state index in [0.29, 0.717) is 5.92 Å². The first-order chi connectivity index (χ1) is 9.83. The second-order valence-electron chi connectivity index (χ2n) is 6.57. The molecule has 1 saturated heterocycles. The van der Waals surface area contributed by atoms with Crippen LogP contribution in [0.3, 0.4) is 0 Å². The van der Waals surface area contributed by atoms with Gasteiger partial charge in [0.25, 0.3) is 0 Å². The van der Waals surface area contributed by atoms with Crippen molar-refractivity contribution in [3.8, 4) is 0 Å². The topological polar surface area (TPSA) is 3.24 Å². The van der Waals surface area contributed by atoms with Crippen LogP contribution in [0.4, 0.5) is 0 Å². The fraction of sp³-hybridized carbons (Fsp3) is 0.667. The van der Waals surface area contributed by atoms with Crippen molar-refractivity contribution in [2.75, 3.05) is 19.6 Å². The molecule has 1 aromatic carbocycles. The molecule has 0 spiro atoms. The molecule has 2 fully saturated rings. The second kappa shape index (κ2) is 6.95. The van der Waals surface area contributed by atoms with Crippen molar-refractivity contribution >= 4 is 11.6 Å². The van der Waals surface area contributed by atoms with Gasteiger partial charge >= 0.3 is 0 Å². The lowest BCUT2D eigenvalue weighted by Gasteiger charge is -2.33. The standard InChI is InChI=1S/C18H26ClN/c19-17-10-6-9-16(13-17)18(15-7-2-3-8-15)14-20-11-4-1-5-12-20/h6,9-10,13,15,18H,1-5,7-8,11-12,14H2. The molecule has 2 aliphatic rings. The molecule has 0 N–H and O–H groups in total. The number of hydrogen-bond acceptors (Lipinski definition) is 1. The molecule has 0 amide bonds. The zero-order valence-electron chi connectivity index (χ0n) is 12.4. The Morgan fingerprint density at radius 3 is 2.50 bits per heavy atom. The van der Waals surface area contributed by atoms with Crippen LogP contribution in [0.5, 0.6) is 0 Å². The van der Waals surface area contributed by atoms with E-state index in [1.807, 2.05) is 6.07 Å². The number of hydrogen-bond donors (Lipinski definition) is 0. The van der Waals surface area contributed by atoms with Crippen molar-refractivity contribution in [3.05, 3.63) is 34.9 Å². The van der Waals surface area contributed by atoms with Gasteiger partial charge < -0.3 is 4.90 Å². The van der Waals surface area contributed by atoms with Gasteiger partial charge in [0.2, 0.25) is 0 Å². The van der Waals surface area contributed by atoms with E-state index >= 15 is 0 Å². The molecule has 1 atom stereocenters. The van der Waals surface area contributed by atoms with E-state index in [1.165, 1.54) is 70.1 Å². The summed E-state index contributed by atoms with van der Waals surface area (Å²) in [6.45, 7) is 3.83. The van der Waals surface area contributed by atoms with Gasteiger partial charge in [0, 0.05) is 11.6 Å². The number of benzene rings is 1. The fourth-order valence-corrected chi connectivity index (χ4v) is 4.24. The Bertz CT molecular complexity index is 419. The summed E-state index contributed by atoms with van der Waals surface area (Å²) in [4.78, 5) is 2.69. The van der Waals surface area contributed by atoms with Crippen LogP contribution in [-0.2, 0) is 0 Å². The highest BCUT2D eigenvalue weighted by Gasteiger charge is 2.28. The first-order valence-electron chi connectivity index (χ1n) is 8.31. The third kappa shape index (κ3) is 3.56. The van der Waals surface area contributed by atoms with Crippen LogP contribution in [-0.4, -0.2) is 24.5 Å². The SMILES string of the molecule is Clc1cccc(C(CN2CCCCC2)C2CCCC2)c1. The molecular weight excluding hydrogens is 266 g/mol. The maximum absolute atomic E-state index is 6.22. The van der Waals surface area contributed by atoms with Crippen molar-refractivity contribution in [1.82, 2.24) is 4.90 Å². The Morgan fingerprint density at radius 1 is 1.05 bits per heavy atom. The largest absolute Gasteiger partial charge is 0.303 e. The number of nitrogens with zero attached hydrogens (tertiary/aromatic N) is 1. The van der Waals surface area contributed by atoms with Gasteiger partial charge in [-0.05, 0) is 68.3 Å². The van der Waals surface area contributed by atoms with Crippen molar-refractivity contribution in [1.29, 1.82) is 0 Å². The molecule has 110 valence electrons. The molecule has 1 saturated carbocycles. The van der Waals surface area contributed by atoms with Gasteiger partial charge in [0.05, 0.1) is 0 Å². The summed E-state index contributed by atoms with van der Waals surface area (Å²) < 4.78 is 0. The minimum Gasteiger partial charge on any atom is -0.303 e. The summed E-state index contributed by atoms with van der Waals surface area (Å²) in [7, 11) is 0. The molecule has 0 aromatic heterocycles. The summed E-state index contributed by atoms with van der Waals surface area (Å²) in [5.41, 5.74) is 1.47. The monoisotopic (exact) mass is 291 g/mol. The van der Waals surface area contributed by atoms with Gasteiger partial charge in [-0.1, -0.05) is 43.0 Å². The maximum atomic E-state index is 6.22. The molecule has 1 unspecified atom stereocenters. The van der Waals surface area contributed by atoms with Crippen molar-refractivity contribution < 1.29 is 0 Å². The van der Waals surface area contributed by atoms with Crippen molar-refractivity contribution in [2.45, 2.75) is 50.9 Å². The van der Waals surface area contributed by atoms with E-state index in [4.69, 9.17) is 11.6 Å². The van der Waals surface area contributed by atoms with Crippen molar-refractivity contribution in [2.24, 2.45) is 5.92 Å². The minimum atomic E-state index is 0.689. The normalized spacial score (nSPS) is 23.1. The Labute approximate surface area is 128 Å². The van der Waals surface area contributed by atoms with Crippen LogP contribution >= 0.6 is 11.6 Å².